The maximum absolute atomic E-state index is 14.2. The van der Waals surface area contributed by atoms with Crippen LogP contribution >= 0.6 is 11.8 Å². The van der Waals surface area contributed by atoms with Gasteiger partial charge in [0.1, 0.15) is 30.4 Å². The van der Waals surface area contributed by atoms with E-state index in [9.17, 15) is 23.9 Å². The van der Waals surface area contributed by atoms with Crippen LogP contribution in [0.2, 0.25) is 0 Å². The fraction of sp³-hybridized carbons (Fsp3) is 0.571. The normalized spacial score (nSPS) is 25.7. The van der Waals surface area contributed by atoms with Crippen molar-refractivity contribution in [2.24, 2.45) is 0 Å². The van der Waals surface area contributed by atoms with E-state index in [1.807, 2.05) is 0 Å². The number of thioether (sulfide) groups is 1. The third-order valence-corrected chi connectivity index (χ3v) is 4.40. The molecule has 25 heavy (non-hydrogen) atoms. The number of carbonyl (C=O) groups excluding carboxylic acids is 2. The molecule has 4 unspecified atom stereocenters. The Bertz CT molecular complexity index is 699. The Labute approximate surface area is 146 Å². The van der Waals surface area contributed by atoms with E-state index >= 15 is 0 Å². The molecule has 0 bridgehead atoms. The first-order chi connectivity index (χ1) is 11.8. The van der Waals surface area contributed by atoms with Crippen LogP contribution in [0.3, 0.4) is 0 Å². The molecular formula is C14H18FN3O6S. The van der Waals surface area contributed by atoms with Crippen LogP contribution < -0.4 is 11.4 Å². The molecule has 1 aromatic rings. The Morgan fingerprint density at radius 1 is 1.52 bits per heavy atom. The van der Waals surface area contributed by atoms with Gasteiger partial charge < -0.3 is 20.3 Å². The smallest absolute Gasteiger partial charge is 0.351 e. The number of rotatable bonds is 7. The number of aliphatic hydroxyl groups excluding tert-OH is 1. The van der Waals surface area contributed by atoms with Crippen molar-refractivity contribution < 1.29 is 28.6 Å². The largest absolute Gasteiger partial charge is 0.462 e. The number of anilines is 1. The molecule has 0 aliphatic carbocycles. The summed E-state index contributed by atoms with van der Waals surface area (Å²) in [5.74, 6) is -0.583. The Hall–Kier alpha value is -1.98. The van der Waals surface area contributed by atoms with Crippen LogP contribution in [0.25, 0.3) is 0 Å². The predicted molar refractivity (Wildman–Crippen MR) is 86.7 cm³/mol. The maximum Gasteiger partial charge on any atom is 0.351 e. The third kappa shape index (κ3) is 5.00. The van der Waals surface area contributed by atoms with Crippen LogP contribution in [0.4, 0.5) is 10.2 Å². The molecule has 2 heterocycles. The fourth-order valence-electron chi connectivity index (χ4n) is 2.18. The molecule has 0 radical (unpaired) electrons. The highest BCUT2D eigenvalue weighted by Gasteiger charge is 2.46. The Morgan fingerprint density at radius 3 is 2.88 bits per heavy atom. The number of nitrogen functional groups attached to an aromatic ring is 1. The van der Waals surface area contributed by atoms with E-state index in [1.54, 1.807) is 0 Å². The molecule has 0 amide bonds. The minimum atomic E-state index is -1.90. The Kier molecular flexibility index (Phi) is 6.51. The molecule has 0 spiro atoms. The zero-order valence-electron chi connectivity index (χ0n) is 13.3. The SMILES string of the molecule is CC(=O)CSCC(=O)OCC1OC(n2ccc(N)nc2=O)C(F)C1O. The molecule has 1 saturated heterocycles. The van der Waals surface area contributed by atoms with Crippen molar-refractivity contribution in [2.75, 3.05) is 23.8 Å². The van der Waals surface area contributed by atoms with Crippen LogP contribution in [0, 0.1) is 0 Å². The van der Waals surface area contributed by atoms with Crippen molar-refractivity contribution in [2.45, 2.75) is 31.5 Å². The second-order valence-corrected chi connectivity index (χ2v) is 6.41. The van der Waals surface area contributed by atoms with E-state index in [4.69, 9.17) is 15.2 Å². The standard InChI is InChI=1S/C14H18FN3O6S/c1-7(19)5-25-6-10(20)23-4-8-12(21)11(15)13(24-8)18-3-2-9(16)17-14(18)22/h2-3,8,11-13,21H,4-6H2,1H3,(H2,16,17,22). The fourth-order valence-corrected chi connectivity index (χ4v) is 2.82. The molecule has 2 rings (SSSR count). The lowest BCUT2D eigenvalue weighted by atomic mass is 10.1. The summed E-state index contributed by atoms with van der Waals surface area (Å²) in [4.78, 5) is 37.5. The monoisotopic (exact) mass is 375 g/mol. The molecule has 4 atom stereocenters. The molecule has 9 nitrogen and oxygen atoms in total. The van der Waals surface area contributed by atoms with Gasteiger partial charge in [-0.2, -0.15) is 4.98 Å². The van der Waals surface area contributed by atoms with Gasteiger partial charge in [0.2, 0.25) is 0 Å². The summed E-state index contributed by atoms with van der Waals surface area (Å²) in [7, 11) is 0. The Morgan fingerprint density at radius 2 is 2.24 bits per heavy atom. The average Bonchev–Trinajstić information content (AvgIpc) is 2.81. The zero-order valence-corrected chi connectivity index (χ0v) is 14.1. The van der Waals surface area contributed by atoms with Gasteiger partial charge in [-0.05, 0) is 13.0 Å². The van der Waals surface area contributed by atoms with Gasteiger partial charge in [0.15, 0.2) is 12.4 Å². The van der Waals surface area contributed by atoms with Crippen LogP contribution in [-0.4, -0.2) is 62.9 Å². The van der Waals surface area contributed by atoms with Gasteiger partial charge in [0.05, 0.1) is 11.5 Å². The van der Waals surface area contributed by atoms with E-state index in [0.29, 0.717) is 0 Å². The van der Waals surface area contributed by atoms with E-state index in [2.05, 4.69) is 4.98 Å². The number of hydrogen-bond acceptors (Lipinski definition) is 9. The first kappa shape index (κ1) is 19.3. The highest BCUT2D eigenvalue weighted by molar-refractivity contribution is 8.00. The number of esters is 1. The maximum atomic E-state index is 14.2. The van der Waals surface area contributed by atoms with E-state index in [1.165, 1.54) is 19.2 Å². The number of Topliss-reactive ketones (excluding diaryl/α,β-unsaturated/α-hetero) is 1. The summed E-state index contributed by atoms with van der Waals surface area (Å²) >= 11 is 1.09. The van der Waals surface area contributed by atoms with Crippen molar-refractivity contribution in [1.29, 1.82) is 0 Å². The number of hydrogen-bond donors (Lipinski definition) is 2. The molecule has 1 aliphatic heterocycles. The third-order valence-electron chi connectivity index (χ3n) is 3.35. The summed E-state index contributed by atoms with van der Waals surface area (Å²) in [5.41, 5.74) is 4.54. The quantitative estimate of drug-likeness (QED) is 0.593. The molecule has 3 N–H and O–H groups in total. The van der Waals surface area contributed by atoms with E-state index in [0.717, 1.165) is 16.3 Å². The minimum Gasteiger partial charge on any atom is -0.462 e. The summed E-state index contributed by atoms with van der Waals surface area (Å²) in [6, 6.07) is 1.30. The van der Waals surface area contributed by atoms with Crippen LogP contribution in [0.5, 0.6) is 0 Å². The number of alkyl halides is 1. The second-order valence-electron chi connectivity index (χ2n) is 5.42. The van der Waals surface area contributed by atoms with Gasteiger partial charge in [-0.25, -0.2) is 9.18 Å². The number of nitrogens with zero attached hydrogens (tertiary/aromatic N) is 2. The van der Waals surface area contributed by atoms with Gasteiger partial charge in [-0.1, -0.05) is 0 Å². The molecular weight excluding hydrogens is 357 g/mol. The van der Waals surface area contributed by atoms with Crippen LogP contribution in [0.15, 0.2) is 17.1 Å². The van der Waals surface area contributed by atoms with Gasteiger partial charge >= 0.3 is 11.7 Å². The van der Waals surface area contributed by atoms with Gasteiger partial charge in [-0.15, -0.1) is 11.8 Å². The summed E-state index contributed by atoms with van der Waals surface area (Å²) in [5, 5.41) is 9.89. The molecule has 11 heteroatoms. The van der Waals surface area contributed by atoms with Crippen molar-refractivity contribution >= 4 is 29.3 Å². The predicted octanol–water partition coefficient (Wildman–Crippen LogP) is -0.713. The lowest BCUT2D eigenvalue weighted by Crippen LogP contribution is -2.34. The molecule has 0 aromatic carbocycles. The number of aliphatic hydroxyl groups is 1. The minimum absolute atomic E-state index is 0.0243. The number of ketones is 1. The molecule has 1 aliphatic rings. The number of aromatic nitrogens is 2. The first-order valence-corrected chi connectivity index (χ1v) is 8.50. The van der Waals surface area contributed by atoms with Crippen LogP contribution in [-0.2, 0) is 19.1 Å². The lowest BCUT2D eigenvalue weighted by Gasteiger charge is -2.16. The van der Waals surface area contributed by atoms with Crippen molar-refractivity contribution in [3.63, 3.8) is 0 Å². The van der Waals surface area contributed by atoms with Crippen molar-refractivity contribution in [1.82, 2.24) is 9.55 Å². The van der Waals surface area contributed by atoms with Gasteiger partial charge in [0.25, 0.3) is 0 Å². The first-order valence-electron chi connectivity index (χ1n) is 7.34. The lowest BCUT2D eigenvalue weighted by molar-refractivity contribution is -0.147. The highest BCUT2D eigenvalue weighted by Crippen LogP contribution is 2.31. The Balaban J connectivity index is 1.92. The average molecular weight is 375 g/mol. The van der Waals surface area contributed by atoms with Gasteiger partial charge in [-0.3, -0.25) is 14.2 Å². The van der Waals surface area contributed by atoms with Gasteiger partial charge in [0, 0.05) is 6.20 Å². The van der Waals surface area contributed by atoms with E-state index in [-0.39, 0.29) is 29.7 Å². The summed E-state index contributed by atoms with van der Waals surface area (Å²) in [6.45, 7) is 1.02. The number of halogens is 1. The second kappa shape index (κ2) is 8.41. The summed E-state index contributed by atoms with van der Waals surface area (Å²) in [6.07, 6.45) is -4.80. The van der Waals surface area contributed by atoms with Crippen molar-refractivity contribution in [3.05, 3.63) is 22.7 Å². The number of ether oxygens (including phenoxy) is 2. The molecule has 1 fully saturated rings. The van der Waals surface area contributed by atoms with Crippen molar-refractivity contribution in [3.8, 4) is 0 Å². The van der Waals surface area contributed by atoms with Crippen LogP contribution in [0.1, 0.15) is 13.2 Å². The van der Waals surface area contributed by atoms with E-state index < -0.39 is 36.3 Å². The topological polar surface area (TPSA) is 134 Å². The number of carbonyl (C=O) groups is 2. The highest BCUT2D eigenvalue weighted by atomic mass is 32.2. The molecule has 138 valence electrons. The molecule has 0 saturated carbocycles. The molecule has 1 aromatic heterocycles. The zero-order chi connectivity index (χ0) is 18.6. The summed E-state index contributed by atoms with van der Waals surface area (Å²) < 4.78 is 25.3. The number of nitrogens with two attached hydrogens (primary N) is 1.